The van der Waals surface area contributed by atoms with Crippen molar-refractivity contribution in [1.29, 1.82) is 0 Å². The van der Waals surface area contributed by atoms with Crippen LogP contribution in [0.2, 0.25) is 0 Å². The van der Waals surface area contributed by atoms with Gasteiger partial charge >= 0.3 is 0 Å². The number of amides is 1. The first-order chi connectivity index (χ1) is 15.0. The highest BCUT2D eigenvalue weighted by Crippen LogP contribution is 2.25. The molecule has 0 aliphatic carbocycles. The second-order valence-corrected chi connectivity index (χ2v) is 9.83. The third-order valence-electron chi connectivity index (χ3n) is 5.90. The van der Waals surface area contributed by atoms with Crippen LogP contribution >= 0.6 is 0 Å². The highest BCUT2D eigenvalue weighted by molar-refractivity contribution is 7.89. The van der Waals surface area contributed by atoms with E-state index in [0.29, 0.717) is 49.2 Å². The summed E-state index contributed by atoms with van der Waals surface area (Å²) in [6.07, 6.45) is 5.17. The van der Waals surface area contributed by atoms with Crippen LogP contribution in [0, 0.1) is 5.92 Å². The number of piperidine rings is 1. The molecular formula is C22H28N4O4S. The summed E-state index contributed by atoms with van der Waals surface area (Å²) in [4.78, 5) is 18.8. The third kappa shape index (κ3) is 5.23. The van der Waals surface area contributed by atoms with Gasteiger partial charge in [-0.25, -0.2) is 8.42 Å². The lowest BCUT2D eigenvalue weighted by Crippen LogP contribution is -2.40. The third-order valence-corrected chi connectivity index (χ3v) is 7.81. The summed E-state index contributed by atoms with van der Waals surface area (Å²) < 4.78 is 32.3. The van der Waals surface area contributed by atoms with E-state index in [1.807, 2.05) is 12.1 Å². The molecule has 2 fully saturated rings. The van der Waals surface area contributed by atoms with Crippen molar-refractivity contribution in [1.82, 2.24) is 14.6 Å². The topological polar surface area (TPSA) is 91.8 Å². The van der Waals surface area contributed by atoms with Crippen LogP contribution in [0.5, 0.6) is 0 Å². The second-order valence-electron chi connectivity index (χ2n) is 7.89. The molecule has 1 aromatic carbocycles. The molecule has 4 rings (SSSR count). The molecule has 0 bridgehead atoms. The largest absolute Gasteiger partial charge is 0.379 e. The summed E-state index contributed by atoms with van der Waals surface area (Å²) in [5.41, 5.74) is 1.60. The van der Waals surface area contributed by atoms with Gasteiger partial charge in [0.05, 0.1) is 23.7 Å². The highest BCUT2D eigenvalue weighted by atomic mass is 32.2. The van der Waals surface area contributed by atoms with Crippen molar-refractivity contribution >= 4 is 21.6 Å². The highest BCUT2D eigenvalue weighted by Gasteiger charge is 2.27. The van der Waals surface area contributed by atoms with Gasteiger partial charge in [0.15, 0.2) is 0 Å². The number of pyridine rings is 1. The van der Waals surface area contributed by atoms with Crippen LogP contribution in [0.3, 0.4) is 0 Å². The summed E-state index contributed by atoms with van der Waals surface area (Å²) in [7, 11) is -3.47. The zero-order valence-electron chi connectivity index (χ0n) is 17.4. The van der Waals surface area contributed by atoms with Crippen molar-refractivity contribution in [3.05, 3.63) is 54.4 Å². The smallest absolute Gasteiger partial charge is 0.252 e. The predicted octanol–water partition coefficient (Wildman–Crippen LogP) is 1.75. The Kier molecular flexibility index (Phi) is 6.84. The Morgan fingerprint density at radius 1 is 1.06 bits per heavy atom. The van der Waals surface area contributed by atoms with Crippen LogP contribution in [-0.2, 0) is 14.8 Å². The maximum absolute atomic E-state index is 12.8. The van der Waals surface area contributed by atoms with Gasteiger partial charge in [0, 0.05) is 50.8 Å². The van der Waals surface area contributed by atoms with E-state index in [1.165, 1.54) is 4.31 Å². The van der Waals surface area contributed by atoms with Crippen molar-refractivity contribution in [2.24, 2.45) is 5.92 Å². The molecule has 2 aromatic rings. The van der Waals surface area contributed by atoms with E-state index in [2.05, 4.69) is 15.2 Å². The number of morpholine rings is 1. The van der Waals surface area contributed by atoms with Crippen LogP contribution < -0.4 is 10.2 Å². The Labute approximate surface area is 183 Å². The second kappa shape index (κ2) is 9.76. The molecular weight excluding hydrogens is 416 g/mol. The Balaban J connectivity index is 1.28. The molecule has 0 saturated carbocycles. The molecule has 2 saturated heterocycles. The lowest BCUT2D eigenvalue weighted by molar-refractivity contribution is 0.0730. The van der Waals surface area contributed by atoms with E-state index in [4.69, 9.17) is 4.74 Å². The average Bonchev–Trinajstić information content (AvgIpc) is 2.84. The Bertz CT molecular complexity index is 968. The van der Waals surface area contributed by atoms with Gasteiger partial charge in [0.25, 0.3) is 5.91 Å². The fraction of sp³-hybridized carbons (Fsp3) is 0.455. The van der Waals surface area contributed by atoms with E-state index in [1.54, 1.807) is 36.7 Å². The zero-order chi connectivity index (χ0) is 21.7. The van der Waals surface area contributed by atoms with E-state index in [9.17, 15) is 13.2 Å². The van der Waals surface area contributed by atoms with Crippen molar-refractivity contribution in [2.45, 2.75) is 17.7 Å². The molecule has 0 atom stereocenters. The molecule has 0 spiro atoms. The lowest BCUT2D eigenvalue weighted by atomic mass is 9.96. The molecule has 2 aliphatic heterocycles. The number of aromatic nitrogens is 1. The van der Waals surface area contributed by atoms with Crippen LogP contribution in [-0.4, -0.2) is 69.6 Å². The Morgan fingerprint density at radius 3 is 2.42 bits per heavy atom. The number of carbonyl (C=O) groups excluding carboxylic acids is 1. The van der Waals surface area contributed by atoms with Gasteiger partial charge in [-0.15, -0.1) is 0 Å². The van der Waals surface area contributed by atoms with Gasteiger partial charge in [0.1, 0.15) is 0 Å². The molecule has 31 heavy (non-hydrogen) atoms. The molecule has 1 amide bonds. The van der Waals surface area contributed by atoms with Crippen LogP contribution in [0.1, 0.15) is 23.2 Å². The minimum atomic E-state index is -3.47. The van der Waals surface area contributed by atoms with Crippen LogP contribution in [0.15, 0.2) is 53.7 Å². The first-order valence-corrected chi connectivity index (χ1v) is 12.1. The zero-order valence-corrected chi connectivity index (χ0v) is 18.3. The van der Waals surface area contributed by atoms with E-state index >= 15 is 0 Å². The predicted molar refractivity (Wildman–Crippen MR) is 118 cm³/mol. The standard InChI is InChI=1S/C22H28N4O4S/c27-22(19-2-1-9-23-17-19)24-16-18-7-10-25(11-8-18)20-3-5-21(6-4-20)31(28,29)26-12-14-30-15-13-26/h1-6,9,17-18H,7-8,10-16H2,(H,24,27). The minimum absolute atomic E-state index is 0.0902. The van der Waals surface area contributed by atoms with Crippen LogP contribution in [0.25, 0.3) is 0 Å². The van der Waals surface area contributed by atoms with Crippen molar-refractivity contribution in [2.75, 3.05) is 50.8 Å². The van der Waals surface area contributed by atoms with E-state index in [0.717, 1.165) is 31.6 Å². The molecule has 9 heteroatoms. The molecule has 0 unspecified atom stereocenters. The molecule has 1 aromatic heterocycles. The van der Waals surface area contributed by atoms with Crippen molar-refractivity contribution in [3.8, 4) is 0 Å². The number of sulfonamides is 1. The van der Waals surface area contributed by atoms with Gasteiger partial charge in [-0.2, -0.15) is 4.31 Å². The van der Waals surface area contributed by atoms with Crippen molar-refractivity contribution in [3.63, 3.8) is 0 Å². The number of anilines is 1. The van der Waals surface area contributed by atoms with Crippen LogP contribution in [0.4, 0.5) is 5.69 Å². The monoisotopic (exact) mass is 444 g/mol. The number of carbonyl (C=O) groups is 1. The number of nitrogens with zero attached hydrogens (tertiary/aromatic N) is 3. The van der Waals surface area contributed by atoms with Gasteiger partial charge in [-0.1, -0.05) is 0 Å². The SMILES string of the molecule is O=C(NCC1CCN(c2ccc(S(=O)(=O)N3CCOCC3)cc2)CC1)c1cccnc1. The molecule has 1 N–H and O–H groups in total. The first kappa shape index (κ1) is 21.7. The van der Waals surface area contributed by atoms with Gasteiger partial charge < -0.3 is 15.0 Å². The summed E-state index contributed by atoms with van der Waals surface area (Å²) in [6, 6.07) is 10.7. The number of rotatable bonds is 6. The number of benzene rings is 1. The quantitative estimate of drug-likeness (QED) is 0.730. The molecule has 2 aliphatic rings. The number of hydrogen-bond donors (Lipinski definition) is 1. The fourth-order valence-electron chi connectivity index (χ4n) is 4.00. The normalized spacial score (nSPS) is 18.6. The van der Waals surface area contributed by atoms with E-state index < -0.39 is 10.0 Å². The first-order valence-electron chi connectivity index (χ1n) is 10.7. The summed E-state index contributed by atoms with van der Waals surface area (Å²) in [5, 5.41) is 3.00. The summed E-state index contributed by atoms with van der Waals surface area (Å²) in [6.45, 7) is 4.08. The molecule has 3 heterocycles. The molecule has 166 valence electrons. The molecule has 8 nitrogen and oxygen atoms in total. The van der Waals surface area contributed by atoms with Gasteiger partial charge in [0.2, 0.25) is 10.0 Å². The van der Waals surface area contributed by atoms with E-state index in [-0.39, 0.29) is 5.91 Å². The maximum Gasteiger partial charge on any atom is 0.252 e. The minimum Gasteiger partial charge on any atom is -0.379 e. The van der Waals surface area contributed by atoms with Crippen molar-refractivity contribution < 1.29 is 17.9 Å². The fourth-order valence-corrected chi connectivity index (χ4v) is 5.40. The Morgan fingerprint density at radius 2 is 1.77 bits per heavy atom. The summed E-state index contributed by atoms with van der Waals surface area (Å²) in [5.74, 6) is 0.338. The maximum atomic E-state index is 12.8. The average molecular weight is 445 g/mol. The Hall–Kier alpha value is -2.49. The number of nitrogens with one attached hydrogen (secondary N) is 1. The number of hydrogen-bond acceptors (Lipinski definition) is 6. The number of ether oxygens (including phenoxy) is 1. The lowest BCUT2D eigenvalue weighted by Gasteiger charge is -2.34. The van der Waals surface area contributed by atoms with Gasteiger partial charge in [-0.3, -0.25) is 9.78 Å². The summed E-state index contributed by atoms with van der Waals surface area (Å²) >= 11 is 0. The molecule has 0 radical (unpaired) electrons. The van der Waals surface area contributed by atoms with Gasteiger partial charge in [-0.05, 0) is 55.2 Å².